The van der Waals surface area contributed by atoms with Crippen molar-refractivity contribution in [1.29, 1.82) is 0 Å². The molecule has 8 heteroatoms. The summed E-state index contributed by atoms with van der Waals surface area (Å²) < 4.78 is 36.5. The lowest BCUT2D eigenvalue weighted by molar-refractivity contribution is 0.0598. The van der Waals surface area contributed by atoms with Crippen LogP contribution in [0, 0.1) is 6.92 Å². The van der Waals surface area contributed by atoms with E-state index in [0.29, 0.717) is 34.5 Å². The molecular formula is C18H19NO6S. The van der Waals surface area contributed by atoms with Gasteiger partial charge in [-0.25, -0.2) is 4.79 Å². The van der Waals surface area contributed by atoms with Gasteiger partial charge in [0, 0.05) is 12.0 Å². The molecule has 0 aromatic heterocycles. The number of methoxy groups -OCH3 is 1. The third kappa shape index (κ3) is 3.57. The first-order chi connectivity index (χ1) is 12.4. The molecule has 3 N–H and O–H groups in total. The van der Waals surface area contributed by atoms with Crippen molar-refractivity contribution >= 4 is 23.0 Å². The van der Waals surface area contributed by atoms with Crippen LogP contribution in [0.3, 0.4) is 0 Å². The van der Waals surface area contributed by atoms with Crippen LogP contribution in [0.4, 0.5) is 5.69 Å². The van der Waals surface area contributed by atoms with E-state index in [0.717, 1.165) is 5.56 Å². The number of esters is 1. The van der Waals surface area contributed by atoms with Gasteiger partial charge in [0.1, 0.15) is 18.0 Å². The molecule has 1 heterocycles. The highest BCUT2D eigenvalue weighted by Crippen LogP contribution is 2.41. The number of hydrogen-bond donors (Lipinski definition) is 2. The lowest BCUT2D eigenvalue weighted by Gasteiger charge is -2.22. The van der Waals surface area contributed by atoms with E-state index in [1.165, 1.54) is 7.11 Å². The van der Waals surface area contributed by atoms with Gasteiger partial charge in [-0.05, 0) is 24.6 Å². The van der Waals surface area contributed by atoms with Gasteiger partial charge in [-0.2, -0.15) is 4.21 Å². The first-order valence-corrected chi connectivity index (χ1v) is 8.94. The molecule has 0 fully saturated rings. The normalized spacial score (nSPS) is 17.9. The van der Waals surface area contributed by atoms with Gasteiger partial charge in [-0.15, -0.1) is 0 Å². The van der Waals surface area contributed by atoms with E-state index in [-0.39, 0.29) is 0 Å². The fourth-order valence-corrected chi connectivity index (χ4v) is 3.44. The molecule has 1 aliphatic heterocycles. The monoisotopic (exact) mass is 377 g/mol. The average molecular weight is 377 g/mol. The molecule has 3 atom stereocenters. The molecule has 0 spiro atoms. The second kappa shape index (κ2) is 7.45. The summed E-state index contributed by atoms with van der Waals surface area (Å²) in [4.78, 5) is 12.0. The predicted octanol–water partition coefficient (Wildman–Crippen LogP) is 2.56. The summed E-state index contributed by atoms with van der Waals surface area (Å²) in [6.07, 6.45) is -1.13. The highest BCUT2D eigenvalue weighted by atomic mass is 32.2. The zero-order chi connectivity index (χ0) is 18.8. The van der Waals surface area contributed by atoms with Gasteiger partial charge in [-0.3, -0.25) is 8.74 Å². The molecule has 0 amide bonds. The number of carbonyl (C=O) groups excluding carboxylic acids is 1. The summed E-state index contributed by atoms with van der Waals surface area (Å²) in [5.41, 5.74) is 9.05. The van der Waals surface area contributed by atoms with Crippen molar-refractivity contribution in [3.63, 3.8) is 0 Å². The van der Waals surface area contributed by atoms with E-state index in [9.17, 15) is 13.6 Å². The molecule has 7 nitrogen and oxygen atoms in total. The lowest BCUT2D eigenvalue weighted by atomic mass is 9.97. The summed E-state index contributed by atoms with van der Waals surface area (Å²) in [6.45, 7) is 1.94. The Balaban J connectivity index is 1.97. The number of nitrogens with two attached hydrogens (primary N) is 1. The van der Waals surface area contributed by atoms with Gasteiger partial charge < -0.3 is 15.2 Å². The van der Waals surface area contributed by atoms with Crippen LogP contribution in [-0.2, 0) is 26.7 Å². The summed E-state index contributed by atoms with van der Waals surface area (Å²) >= 11 is -2.49. The first kappa shape index (κ1) is 18.4. The van der Waals surface area contributed by atoms with Crippen molar-refractivity contribution in [2.75, 3.05) is 12.8 Å². The molecule has 1 aliphatic rings. The Morgan fingerprint density at radius 3 is 2.62 bits per heavy atom. The van der Waals surface area contributed by atoms with Gasteiger partial charge in [0.25, 0.3) is 0 Å². The third-order valence-corrected chi connectivity index (χ3v) is 4.67. The minimum Gasteiger partial charge on any atom is -0.484 e. The smallest absolute Gasteiger partial charge is 0.338 e. The van der Waals surface area contributed by atoms with Gasteiger partial charge in [0.05, 0.1) is 18.4 Å². The molecule has 2 aromatic carbocycles. The van der Waals surface area contributed by atoms with Crippen LogP contribution in [0.5, 0.6) is 5.75 Å². The lowest BCUT2D eigenvalue weighted by Crippen LogP contribution is -2.26. The maximum Gasteiger partial charge on any atom is 0.338 e. The minimum atomic E-state index is -2.49. The second-order valence-electron chi connectivity index (χ2n) is 6.01. The SMILES string of the molecule is COC(=O)c1ccc(N)c2c1CC(C(OS(=O)O)c1ccc(C)cc1)O2. The van der Waals surface area contributed by atoms with Crippen molar-refractivity contribution in [2.24, 2.45) is 0 Å². The molecule has 0 saturated heterocycles. The maximum atomic E-state index is 12.0. The zero-order valence-electron chi connectivity index (χ0n) is 14.3. The van der Waals surface area contributed by atoms with E-state index in [1.807, 2.05) is 31.2 Å². The van der Waals surface area contributed by atoms with E-state index in [2.05, 4.69) is 0 Å². The van der Waals surface area contributed by atoms with Gasteiger partial charge >= 0.3 is 17.3 Å². The Bertz CT molecular complexity index is 852. The van der Waals surface area contributed by atoms with Gasteiger partial charge in [0.2, 0.25) is 0 Å². The fourth-order valence-electron chi connectivity index (χ4n) is 3.03. The van der Waals surface area contributed by atoms with Crippen LogP contribution >= 0.6 is 0 Å². The number of aryl methyl sites for hydroxylation is 1. The number of ether oxygens (including phenoxy) is 2. The van der Waals surface area contributed by atoms with Gasteiger partial charge in [0.15, 0.2) is 0 Å². The summed E-state index contributed by atoms with van der Waals surface area (Å²) in [7, 11) is 1.30. The Hall–Kier alpha value is -2.42. The fraction of sp³-hybridized carbons (Fsp3) is 0.278. The second-order valence-corrected chi connectivity index (χ2v) is 6.63. The standard InChI is InChI=1S/C18H19NO6S/c1-10-3-5-11(6-4-10)16(25-26(21)22)15-9-13-12(18(20)23-2)7-8-14(19)17(13)24-15/h3-8,15-16H,9,19H2,1-2H3,(H,21,22). The van der Waals surface area contributed by atoms with Crippen molar-refractivity contribution in [1.82, 2.24) is 0 Å². The Morgan fingerprint density at radius 2 is 2.00 bits per heavy atom. The highest BCUT2D eigenvalue weighted by molar-refractivity contribution is 7.74. The van der Waals surface area contributed by atoms with E-state index < -0.39 is 29.5 Å². The maximum absolute atomic E-state index is 12.0. The number of carbonyl (C=O) groups is 1. The number of nitrogen functional groups attached to an aromatic ring is 1. The molecule has 0 saturated carbocycles. The van der Waals surface area contributed by atoms with Crippen LogP contribution in [-0.4, -0.2) is 27.9 Å². The largest absolute Gasteiger partial charge is 0.484 e. The molecule has 0 radical (unpaired) electrons. The van der Waals surface area contributed by atoms with Gasteiger partial charge in [-0.1, -0.05) is 29.8 Å². The third-order valence-electron chi connectivity index (χ3n) is 4.30. The summed E-state index contributed by atoms with van der Waals surface area (Å²) in [5, 5.41) is 0. The van der Waals surface area contributed by atoms with Crippen molar-refractivity contribution in [3.8, 4) is 5.75 Å². The number of anilines is 1. The molecular weight excluding hydrogens is 358 g/mol. The Kier molecular flexibility index (Phi) is 5.26. The molecule has 2 aromatic rings. The van der Waals surface area contributed by atoms with Crippen LogP contribution in [0.25, 0.3) is 0 Å². The molecule has 138 valence electrons. The first-order valence-electron chi connectivity index (χ1n) is 7.91. The van der Waals surface area contributed by atoms with Crippen molar-refractivity contribution in [3.05, 3.63) is 58.7 Å². The quantitative estimate of drug-likeness (QED) is 0.468. The van der Waals surface area contributed by atoms with E-state index >= 15 is 0 Å². The average Bonchev–Trinajstić information content (AvgIpc) is 3.06. The van der Waals surface area contributed by atoms with Crippen molar-refractivity contribution < 1.29 is 27.2 Å². The number of fused-ring (bicyclic) bond motifs is 1. The van der Waals surface area contributed by atoms with Crippen molar-refractivity contribution in [2.45, 2.75) is 25.6 Å². The van der Waals surface area contributed by atoms with Crippen LogP contribution in [0.15, 0.2) is 36.4 Å². The topological polar surface area (TPSA) is 108 Å². The Labute approximate surface area is 153 Å². The summed E-state index contributed by atoms with van der Waals surface area (Å²) in [6, 6.07) is 10.5. The zero-order valence-corrected chi connectivity index (χ0v) is 15.1. The number of rotatable bonds is 5. The van der Waals surface area contributed by atoms with Crippen LogP contribution < -0.4 is 10.5 Å². The van der Waals surface area contributed by atoms with E-state index in [4.69, 9.17) is 19.4 Å². The molecule has 3 rings (SSSR count). The Morgan fingerprint density at radius 1 is 1.31 bits per heavy atom. The molecule has 26 heavy (non-hydrogen) atoms. The predicted molar refractivity (Wildman–Crippen MR) is 96.1 cm³/mol. The molecule has 0 aliphatic carbocycles. The highest BCUT2D eigenvalue weighted by Gasteiger charge is 2.37. The minimum absolute atomic E-state index is 0.292. The molecule has 3 unspecified atom stereocenters. The number of hydrogen-bond acceptors (Lipinski definition) is 6. The molecule has 0 bridgehead atoms. The van der Waals surface area contributed by atoms with Crippen LogP contribution in [0.2, 0.25) is 0 Å². The summed E-state index contributed by atoms with van der Waals surface area (Å²) in [5.74, 6) is -0.119. The van der Waals surface area contributed by atoms with E-state index in [1.54, 1.807) is 12.1 Å². The van der Waals surface area contributed by atoms with Crippen LogP contribution in [0.1, 0.15) is 33.2 Å². The number of benzene rings is 2.